The van der Waals surface area contributed by atoms with E-state index in [1.165, 1.54) is 6.07 Å². The zero-order valence-electron chi connectivity index (χ0n) is 6.96. The molecule has 0 atom stereocenters. The predicted octanol–water partition coefficient (Wildman–Crippen LogP) is -0.485. The molecule has 0 bridgehead atoms. The molecule has 0 unspecified atom stereocenters. The van der Waals surface area contributed by atoms with Gasteiger partial charge >= 0.3 is 0 Å². The summed E-state index contributed by atoms with van der Waals surface area (Å²) < 4.78 is 0. The molecule has 0 aromatic carbocycles. The molecule has 0 saturated heterocycles. The quantitative estimate of drug-likeness (QED) is 0.420. The van der Waals surface area contributed by atoms with Crippen molar-refractivity contribution in [1.82, 2.24) is 15.0 Å². The topological polar surface area (TPSA) is 108 Å². The highest BCUT2D eigenvalue weighted by Crippen LogP contribution is 2.07. The molecule has 2 heterocycles. The van der Waals surface area contributed by atoms with Crippen molar-refractivity contribution >= 4 is 17.0 Å². The van der Waals surface area contributed by atoms with E-state index in [2.05, 4.69) is 20.9 Å². The number of hydrogen-bond donors (Lipinski definition) is 4. The van der Waals surface area contributed by atoms with Gasteiger partial charge in [-0.05, 0) is 12.0 Å². The highest BCUT2D eigenvalue weighted by Gasteiger charge is 2.04. The van der Waals surface area contributed by atoms with Gasteiger partial charge in [0, 0.05) is 0 Å². The van der Waals surface area contributed by atoms with Crippen molar-refractivity contribution in [2.45, 2.75) is 0 Å². The number of nitrogens with zero attached hydrogens (tertiary/aromatic N) is 1. The van der Waals surface area contributed by atoms with Crippen LogP contribution in [0.15, 0.2) is 10.9 Å². The molecule has 0 aliphatic heterocycles. The minimum atomic E-state index is -0.338. The van der Waals surface area contributed by atoms with Gasteiger partial charge in [-0.2, -0.15) is 4.98 Å². The molecule has 2 aromatic rings. The molecule has 0 aliphatic rings. The third kappa shape index (κ3) is 1.17. The maximum absolute atomic E-state index is 11.3. The molecule has 6 heteroatoms. The molecule has 6 nitrogen and oxygen atoms in total. The Balaban J connectivity index is 2.81. The molecule has 0 saturated carbocycles. The normalized spacial score (nSPS) is 9.71. The Hall–Kier alpha value is -2.42. The van der Waals surface area contributed by atoms with Gasteiger partial charge in [-0.15, -0.1) is 0 Å². The maximum Gasteiger partial charge on any atom is 0.261 e. The van der Waals surface area contributed by atoms with Gasteiger partial charge < -0.3 is 15.8 Å². The summed E-state index contributed by atoms with van der Waals surface area (Å²) in [5.74, 6) is 2.40. The second kappa shape index (κ2) is 2.81. The summed E-state index contributed by atoms with van der Waals surface area (Å²) in [5, 5.41) is 8.71. The maximum atomic E-state index is 11.3. The van der Waals surface area contributed by atoms with E-state index in [1.807, 2.05) is 0 Å². The van der Waals surface area contributed by atoms with E-state index < -0.39 is 0 Å². The lowest BCUT2D eigenvalue weighted by Gasteiger charge is -1.90. The lowest BCUT2D eigenvalue weighted by atomic mass is 10.3. The van der Waals surface area contributed by atoms with Crippen LogP contribution < -0.4 is 11.3 Å². The summed E-state index contributed by atoms with van der Waals surface area (Å²) in [4.78, 5) is 20.2. The number of aromatic amines is 2. The first-order valence-electron chi connectivity index (χ1n) is 3.74. The Labute approximate surface area is 77.8 Å². The van der Waals surface area contributed by atoms with E-state index in [1.54, 1.807) is 6.11 Å². The van der Waals surface area contributed by atoms with E-state index in [-0.39, 0.29) is 11.5 Å². The van der Waals surface area contributed by atoms with Crippen LogP contribution in [0.3, 0.4) is 0 Å². The monoisotopic (exact) mass is 190 g/mol. The average Bonchev–Trinajstić information content (AvgIpc) is 2.48. The zero-order valence-corrected chi connectivity index (χ0v) is 6.96. The largest absolute Gasteiger partial charge is 0.462 e. The molecule has 70 valence electrons. The number of aromatic nitrogens is 3. The summed E-state index contributed by atoms with van der Waals surface area (Å²) in [5.41, 5.74) is 5.76. The number of fused-ring (bicyclic) bond motifs is 1. The number of aliphatic hydroxyl groups is 1. The van der Waals surface area contributed by atoms with Crippen molar-refractivity contribution in [3.05, 3.63) is 22.1 Å². The third-order valence-corrected chi connectivity index (χ3v) is 1.71. The first-order chi connectivity index (χ1) is 6.70. The molecule has 0 amide bonds. The molecule has 14 heavy (non-hydrogen) atoms. The number of anilines is 1. The SMILES string of the molecule is Nc1nc2[nH]c(C#CO)cc2c(=O)[nH]1. The Morgan fingerprint density at radius 2 is 2.29 bits per heavy atom. The lowest BCUT2D eigenvalue weighted by molar-refractivity contribution is 0.517. The van der Waals surface area contributed by atoms with Crippen LogP contribution in [0.25, 0.3) is 11.0 Å². The van der Waals surface area contributed by atoms with E-state index in [0.29, 0.717) is 16.7 Å². The number of rotatable bonds is 0. The molecule has 2 aromatic heterocycles. The van der Waals surface area contributed by atoms with Crippen molar-refractivity contribution in [2.75, 3.05) is 5.73 Å². The second-order valence-corrected chi connectivity index (χ2v) is 2.63. The number of nitrogens with one attached hydrogen (secondary N) is 2. The van der Waals surface area contributed by atoms with E-state index >= 15 is 0 Å². The van der Waals surface area contributed by atoms with Crippen LogP contribution in [-0.4, -0.2) is 20.1 Å². The van der Waals surface area contributed by atoms with Gasteiger partial charge in [0.25, 0.3) is 5.56 Å². The van der Waals surface area contributed by atoms with Gasteiger partial charge in [-0.1, -0.05) is 0 Å². The molecule has 0 fully saturated rings. The Morgan fingerprint density at radius 1 is 1.50 bits per heavy atom. The van der Waals surface area contributed by atoms with Gasteiger partial charge in [-0.25, -0.2) is 0 Å². The van der Waals surface area contributed by atoms with E-state index in [9.17, 15) is 4.79 Å². The Bertz CT molecular complexity index is 599. The average molecular weight is 190 g/mol. The van der Waals surface area contributed by atoms with Gasteiger partial charge in [0.1, 0.15) is 11.8 Å². The van der Waals surface area contributed by atoms with Crippen molar-refractivity contribution in [3.63, 3.8) is 0 Å². The highest BCUT2D eigenvalue weighted by atomic mass is 16.2. The second-order valence-electron chi connectivity index (χ2n) is 2.63. The Kier molecular flexibility index (Phi) is 1.65. The molecule has 0 radical (unpaired) electrons. The van der Waals surface area contributed by atoms with Crippen LogP contribution in [0.1, 0.15) is 5.69 Å². The number of H-pyrrole nitrogens is 2. The van der Waals surface area contributed by atoms with Crippen molar-refractivity contribution < 1.29 is 5.11 Å². The van der Waals surface area contributed by atoms with Crippen LogP contribution in [0.2, 0.25) is 0 Å². The molecule has 2 rings (SSSR count). The molecular formula is C8H6N4O2. The number of nitrogen functional groups attached to an aromatic ring is 1. The van der Waals surface area contributed by atoms with E-state index in [0.717, 1.165) is 0 Å². The smallest absolute Gasteiger partial charge is 0.261 e. The predicted molar refractivity (Wildman–Crippen MR) is 49.9 cm³/mol. The van der Waals surface area contributed by atoms with Crippen LogP contribution >= 0.6 is 0 Å². The van der Waals surface area contributed by atoms with Gasteiger partial charge in [0.05, 0.1) is 11.1 Å². The fourth-order valence-corrected chi connectivity index (χ4v) is 1.16. The van der Waals surface area contributed by atoms with Crippen LogP contribution in [-0.2, 0) is 0 Å². The first kappa shape index (κ1) is 8.19. The Morgan fingerprint density at radius 3 is 3.00 bits per heavy atom. The molecule has 5 N–H and O–H groups in total. The van der Waals surface area contributed by atoms with Crippen LogP contribution in [0.4, 0.5) is 5.95 Å². The van der Waals surface area contributed by atoms with Crippen LogP contribution in [0, 0.1) is 12.0 Å². The van der Waals surface area contributed by atoms with Crippen molar-refractivity contribution in [2.24, 2.45) is 0 Å². The molecule has 0 spiro atoms. The number of hydrogen-bond acceptors (Lipinski definition) is 4. The number of aliphatic hydroxyl groups excluding tert-OH is 1. The summed E-state index contributed by atoms with van der Waals surface area (Å²) in [6.45, 7) is 0. The van der Waals surface area contributed by atoms with Gasteiger partial charge in [0.15, 0.2) is 0 Å². The molecular weight excluding hydrogens is 184 g/mol. The summed E-state index contributed by atoms with van der Waals surface area (Å²) in [7, 11) is 0. The zero-order chi connectivity index (χ0) is 10.1. The molecule has 0 aliphatic carbocycles. The van der Waals surface area contributed by atoms with Crippen LogP contribution in [0.5, 0.6) is 0 Å². The number of nitrogens with two attached hydrogens (primary N) is 1. The van der Waals surface area contributed by atoms with Crippen molar-refractivity contribution in [3.8, 4) is 12.0 Å². The fourth-order valence-electron chi connectivity index (χ4n) is 1.16. The van der Waals surface area contributed by atoms with Crippen molar-refractivity contribution in [1.29, 1.82) is 0 Å². The minimum absolute atomic E-state index is 0.0351. The summed E-state index contributed by atoms with van der Waals surface area (Å²) >= 11 is 0. The van der Waals surface area contributed by atoms with Gasteiger partial charge in [-0.3, -0.25) is 9.78 Å². The summed E-state index contributed by atoms with van der Waals surface area (Å²) in [6, 6.07) is 1.49. The van der Waals surface area contributed by atoms with Gasteiger partial charge in [0.2, 0.25) is 5.95 Å². The standard InChI is InChI=1S/C8H6N4O2/c9-8-11-6-5(7(14)12-8)3-4(10-6)1-2-13/h3,13H,(H4,9,10,11,12,14). The third-order valence-electron chi connectivity index (χ3n) is 1.71. The highest BCUT2D eigenvalue weighted by molar-refractivity contribution is 5.77. The fraction of sp³-hybridized carbons (Fsp3) is 0. The summed E-state index contributed by atoms with van der Waals surface area (Å²) in [6.07, 6.45) is 1.73. The first-order valence-corrected chi connectivity index (χ1v) is 3.74. The van der Waals surface area contributed by atoms with E-state index in [4.69, 9.17) is 10.8 Å². The lowest BCUT2D eigenvalue weighted by Crippen LogP contribution is -2.09. The minimum Gasteiger partial charge on any atom is -0.462 e.